The van der Waals surface area contributed by atoms with E-state index < -0.39 is 21.9 Å². The van der Waals surface area contributed by atoms with Crippen LogP contribution in [-0.4, -0.2) is 36.8 Å². The highest BCUT2D eigenvalue weighted by Gasteiger charge is 2.32. The van der Waals surface area contributed by atoms with Crippen molar-refractivity contribution in [2.45, 2.75) is 17.7 Å². The molecule has 1 aliphatic rings. The molecule has 22 heavy (non-hydrogen) atoms. The molecule has 0 amide bonds. The van der Waals surface area contributed by atoms with Crippen molar-refractivity contribution in [3.05, 3.63) is 36.5 Å². The van der Waals surface area contributed by atoms with Crippen LogP contribution in [-0.2, 0) is 14.8 Å². The fraction of sp³-hybridized carbons (Fsp3) is 0.333. The van der Waals surface area contributed by atoms with Crippen molar-refractivity contribution < 1.29 is 18.3 Å². The minimum absolute atomic E-state index is 0.0477. The molecule has 1 aromatic heterocycles. The number of hydrogen-bond donors (Lipinski definition) is 0. The van der Waals surface area contributed by atoms with Gasteiger partial charge in [0.25, 0.3) is 0 Å². The second-order valence-electron chi connectivity index (χ2n) is 5.35. The van der Waals surface area contributed by atoms with Gasteiger partial charge in [-0.1, -0.05) is 18.2 Å². The molecule has 0 N–H and O–H groups in total. The maximum Gasteiger partial charge on any atom is 0.245 e. The van der Waals surface area contributed by atoms with Crippen LogP contribution in [0.25, 0.3) is 10.9 Å². The second-order valence-corrected chi connectivity index (χ2v) is 7.26. The molecule has 1 atom stereocenters. The summed E-state index contributed by atoms with van der Waals surface area (Å²) >= 11 is 0. The zero-order valence-electron chi connectivity index (χ0n) is 11.8. The van der Waals surface area contributed by atoms with Crippen LogP contribution < -0.4 is 5.11 Å². The number of aliphatic carboxylic acids is 1. The van der Waals surface area contributed by atoms with E-state index in [-0.39, 0.29) is 11.4 Å². The molecule has 2 heterocycles. The number of nitrogens with zero attached hydrogens (tertiary/aromatic N) is 2. The van der Waals surface area contributed by atoms with E-state index in [0.29, 0.717) is 24.9 Å². The number of fused-ring (bicyclic) bond motifs is 1. The van der Waals surface area contributed by atoms with Gasteiger partial charge in [-0.2, -0.15) is 4.31 Å². The van der Waals surface area contributed by atoms with Gasteiger partial charge in [0.15, 0.2) is 0 Å². The van der Waals surface area contributed by atoms with Gasteiger partial charge in [0, 0.05) is 36.6 Å². The van der Waals surface area contributed by atoms with Gasteiger partial charge in [0.1, 0.15) is 4.90 Å². The van der Waals surface area contributed by atoms with Crippen LogP contribution in [0.3, 0.4) is 0 Å². The van der Waals surface area contributed by atoms with E-state index >= 15 is 0 Å². The van der Waals surface area contributed by atoms with Crippen LogP contribution >= 0.6 is 0 Å². The van der Waals surface area contributed by atoms with Gasteiger partial charge in [-0.25, -0.2) is 8.42 Å². The maximum absolute atomic E-state index is 12.8. The van der Waals surface area contributed by atoms with Crippen LogP contribution in [0.4, 0.5) is 0 Å². The number of carbonyl (C=O) groups excluding carboxylic acids is 1. The molecule has 6 nitrogen and oxygen atoms in total. The highest BCUT2D eigenvalue weighted by atomic mass is 32.2. The molecule has 2 aromatic rings. The minimum Gasteiger partial charge on any atom is -0.550 e. The Hall–Kier alpha value is -1.99. The molecule has 1 saturated heterocycles. The molecule has 0 saturated carbocycles. The highest BCUT2D eigenvalue weighted by Crippen LogP contribution is 2.27. The van der Waals surface area contributed by atoms with Crippen molar-refractivity contribution in [3.8, 4) is 0 Å². The zero-order chi connectivity index (χ0) is 15.7. The molecule has 7 heteroatoms. The molecule has 1 aliphatic heterocycles. The third-order valence-corrected chi connectivity index (χ3v) is 5.83. The van der Waals surface area contributed by atoms with E-state index in [2.05, 4.69) is 4.98 Å². The summed E-state index contributed by atoms with van der Waals surface area (Å²) in [6.07, 6.45) is 2.50. The van der Waals surface area contributed by atoms with Gasteiger partial charge in [-0.15, -0.1) is 0 Å². The number of sulfonamides is 1. The fourth-order valence-corrected chi connectivity index (χ4v) is 4.47. The molecular weight excluding hydrogens is 304 g/mol. The number of benzene rings is 1. The first kappa shape index (κ1) is 14.9. The Balaban J connectivity index is 2.03. The number of aromatic nitrogens is 1. The summed E-state index contributed by atoms with van der Waals surface area (Å²) in [7, 11) is -3.78. The zero-order valence-corrected chi connectivity index (χ0v) is 12.6. The van der Waals surface area contributed by atoms with Crippen LogP contribution in [0.15, 0.2) is 41.4 Å². The number of carbonyl (C=O) groups is 1. The Kier molecular flexibility index (Phi) is 3.84. The number of carboxylic acids is 1. The van der Waals surface area contributed by atoms with Gasteiger partial charge < -0.3 is 9.90 Å². The Morgan fingerprint density at radius 3 is 2.82 bits per heavy atom. The number of piperidine rings is 1. The molecule has 0 bridgehead atoms. The monoisotopic (exact) mass is 319 g/mol. The second kappa shape index (κ2) is 5.66. The van der Waals surface area contributed by atoms with Crippen molar-refractivity contribution in [2.24, 2.45) is 5.92 Å². The van der Waals surface area contributed by atoms with Crippen LogP contribution in [0.2, 0.25) is 0 Å². The average Bonchev–Trinajstić information content (AvgIpc) is 2.54. The summed E-state index contributed by atoms with van der Waals surface area (Å²) in [6.45, 7) is 0.267. The maximum atomic E-state index is 12.8. The van der Waals surface area contributed by atoms with Crippen LogP contribution in [0, 0.1) is 5.92 Å². The lowest BCUT2D eigenvalue weighted by atomic mass is 10.0. The minimum atomic E-state index is -3.78. The third-order valence-electron chi connectivity index (χ3n) is 3.93. The summed E-state index contributed by atoms with van der Waals surface area (Å²) < 4.78 is 26.9. The van der Waals surface area contributed by atoms with E-state index in [1.807, 2.05) is 0 Å². The first-order chi connectivity index (χ1) is 10.5. The van der Waals surface area contributed by atoms with Gasteiger partial charge in [0.05, 0.1) is 5.52 Å². The van der Waals surface area contributed by atoms with Crippen molar-refractivity contribution in [2.75, 3.05) is 13.1 Å². The molecule has 1 unspecified atom stereocenters. The van der Waals surface area contributed by atoms with Crippen molar-refractivity contribution in [1.82, 2.24) is 9.29 Å². The van der Waals surface area contributed by atoms with Crippen molar-refractivity contribution >= 4 is 26.9 Å². The predicted molar refractivity (Wildman–Crippen MR) is 78.2 cm³/mol. The molecule has 3 rings (SSSR count). The highest BCUT2D eigenvalue weighted by molar-refractivity contribution is 7.89. The first-order valence-electron chi connectivity index (χ1n) is 7.05. The summed E-state index contributed by atoms with van der Waals surface area (Å²) in [5.41, 5.74) is 0.403. The number of rotatable bonds is 3. The molecule has 0 radical (unpaired) electrons. The number of hydrogen-bond acceptors (Lipinski definition) is 5. The summed E-state index contributed by atoms with van der Waals surface area (Å²) in [5, 5.41) is 11.8. The van der Waals surface area contributed by atoms with E-state index in [9.17, 15) is 18.3 Å². The number of carboxylic acid groups (broad SMARTS) is 1. The molecular formula is C15H15N2O4S-. The summed E-state index contributed by atoms with van der Waals surface area (Å²) in [4.78, 5) is 15.3. The largest absolute Gasteiger partial charge is 0.550 e. The smallest absolute Gasteiger partial charge is 0.245 e. The van der Waals surface area contributed by atoms with Crippen LogP contribution in [0.5, 0.6) is 0 Å². The number of pyridine rings is 1. The fourth-order valence-electron chi connectivity index (χ4n) is 2.78. The van der Waals surface area contributed by atoms with E-state index in [1.165, 1.54) is 10.4 Å². The Labute approximate surface area is 128 Å². The number of para-hydroxylation sites is 1. The Bertz CT molecular complexity index is 814. The SMILES string of the molecule is O=C([O-])C1CCCN(S(=O)(=O)c2cccc3cccnc23)C1. The molecule has 0 aliphatic carbocycles. The lowest BCUT2D eigenvalue weighted by molar-refractivity contribution is -0.312. The first-order valence-corrected chi connectivity index (χ1v) is 8.49. The predicted octanol–water partition coefficient (Wildman–Crippen LogP) is 0.385. The third kappa shape index (κ3) is 2.57. The Morgan fingerprint density at radius 1 is 1.27 bits per heavy atom. The van der Waals surface area contributed by atoms with Crippen molar-refractivity contribution in [3.63, 3.8) is 0 Å². The van der Waals surface area contributed by atoms with E-state index in [0.717, 1.165) is 5.39 Å². The molecule has 116 valence electrons. The standard InChI is InChI=1S/C15H16N2O4S/c18-15(19)12-6-3-9-17(10-12)22(20,21)13-7-1-4-11-5-2-8-16-14(11)13/h1-2,4-5,7-8,12H,3,6,9-10H2,(H,18,19)/p-1. The van der Waals surface area contributed by atoms with Gasteiger partial charge in [-0.05, 0) is 25.0 Å². The van der Waals surface area contributed by atoms with E-state index in [4.69, 9.17) is 0 Å². The summed E-state index contributed by atoms with van der Waals surface area (Å²) in [5.74, 6) is -1.96. The van der Waals surface area contributed by atoms with Gasteiger partial charge >= 0.3 is 0 Å². The normalized spacial score (nSPS) is 20.1. The topological polar surface area (TPSA) is 90.4 Å². The van der Waals surface area contributed by atoms with Crippen LogP contribution in [0.1, 0.15) is 12.8 Å². The van der Waals surface area contributed by atoms with Gasteiger partial charge in [-0.3, -0.25) is 4.98 Å². The average molecular weight is 319 g/mol. The molecule has 0 spiro atoms. The summed E-state index contributed by atoms with van der Waals surface area (Å²) in [6, 6.07) is 8.50. The van der Waals surface area contributed by atoms with Gasteiger partial charge in [0.2, 0.25) is 10.0 Å². The quantitative estimate of drug-likeness (QED) is 0.816. The Morgan fingerprint density at radius 2 is 2.05 bits per heavy atom. The molecule has 1 fully saturated rings. The van der Waals surface area contributed by atoms with E-state index in [1.54, 1.807) is 30.5 Å². The lowest BCUT2D eigenvalue weighted by Gasteiger charge is -2.32. The lowest BCUT2D eigenvalue weighted by Crippen LogP contribution is -2.46. The molecule has 1 aromatic carbocycles. The van der Waals surface area contributed by atoms with Crippen molar-refractivity contribution in [1.29, 1.82) is 0 Å².